The number of carbonyl (C=O) groups excluding carboxylic acids is 1. The van der Waals surface area contributed by atoms with Crippen molar-refractivity contribution in [1.82, 2.24) is 5.32 Å². The first-order valence-electron chi connectivity index (χ1n) is 10.7. The monoisotopic (exact) mass is 452 g/mol. The van der Waals surface area contributed by atoms with Gasteiger partial charge in [-0.1, -0.05) is 18.2 Å². The van der Waals surface area contributed by atoms with Gasteiger partial charge in [-0.3, -0.25) is 4.79 Å². The lowest BCUT2D eigenvalue weighted by atomic mass is 10.1. The summed E-state index contributed by atoms with van der Waals surface area (Å²) in [5.41, 5.74) is 0.655. The van der Waals surface area contributed by atoms with Crippen LogP contribution in [0.3, 0.4) is 0 Å². The Labute approximate surface area is 193 Å². The number of hydrogen-bond donors (Lipinski definition) is 1. The molecule has 8 heteroatoms. The molecule has 0 radical (unpaired) electrons. The van der Waals surface area contributed by atoms with Crippen LogP contribution in [0.2, 0.25) is 0 Å². The van der Waals surface area contributed by atoms with E-state index in [1.54, 1.807) is 25.3 Å². The highest BCUT2D eigenvalue weighted by Crippen LogP contribution is 2.29. The van der Waals surface area contributed by atoms with Crippen molar-refractivity contribution in [2.24, 2.45) is 0 Å². The first kappa shape index (κ1) is 24.0. The quantitative estimate of drug-likeness (QED) is 0.317. The first-order valence-corrected chi connectivity index (χ1v) is 10.7. The molecule has 1 N–H and O–H groups in total. The van der Waals surface area contributed by atoms with E-state index in [0.29, 0.717) is 54.9 Å². The number of hydrogen-bond acceptors (Lipinski definition) is 7. The lowest BCUT2D eigenvalue weighted by Gasteiger charge is -2.13. The number of nitriles is 1. The normalized spacial score (nSPS) is 15.4. The molecular weight excluding hydrogens is 424 g/mol. The van der Waals surface area contributed by atoms with Crippen molar-refractivity contribution in [3.05, 3.63) is 53.6 Å². The Hall–Kier alpha value is -3.70. The Kier molecular flexibility index (Phi) is 8.98. The lowest BCUT2D eigenvalue weighted by molar-refractivity contribution is -0.117. The molecule has 1 aliphatic rings. The highest BCUT2D eigenvalue weighted by Gasteiger charge is 2.18. The standard InChI is InChI=1S/C25H28N2O6/c1-29-21-7-3-4-8-22(21)32-12-13-33-23-10-9-18(15-24(23)30-2)14-19(16-26)25(28)27-17-20-6-5-11-31-20/h3-4,7-10,14-15,20H,5-6,11-13,17H2,1-2H3,(H,27,28)/b19-14+/t20-/m1/s1. The number of amides is 1. The highest BCUT2D eigenvalue weighted by molar-refractivity contribution is 6.01. The van der Waals surface area contributed by atoms with Crippen LogP contribution in [0.1, 0.15) is 18.4 Å². The molecule has 8 nitrogen and oxygen atoms in total. The van der Waals surface area contributed by atoms with Crippen molar-refractivity contribution < 1.29 is 28.5 Å². The third kappa shape index (κ3) is 6.89. The summed E-state index contributed by atoms with van der Waals surface area (Å²) in [5, 5.41) is 12.2. The molecule has 174 valence electrons. The van der Waals surface area contributed by atoms with Gasteiger partial charge in [-0.2, -0.15) is 5.26 Å². The average Bonchev–Trinajstić information content (AvgIpc) is 3.38. The Balaban J connectivity index is 1.57. The minimum atomic E-state index is -0.430. The van der Waals surface area contributed by atoms with Crippen LogP contribution in [0.25, 0.3) is 6.08 Å². The smallest absolute Gasteiger partial charge is 0.262 e. The second-order valence-electron chi connectivity index (χ2n) is 7.27. The van der Waals surface area contributed by atoms with Gasteiger partial charge in [0.15, 0.2) is 23.0 Å². The topological polar surface area (TPSA) is 99.0 Å². The summed E-state index contributed by atoms with van der Waals surface area (Å²) in [6.07, 6.45) is 3.43. The summed E-state index contributed by atoms with van der Waals surface area (Å²) in [6.45, 7) is 1.71. The van der Waals surface area contributed by atoms with Crippen LogP contribution in [0.4, 0.5) is 0 Å². The van der Waals surface area contributed by atoms with Gasteiger partial charge in [0.05, 0.1) is 20.3 Å². The Bertz CT molecular complexity index is 1010. The molecule has 3 rings (SSSR count). The van der Waals surface area contributed by atoms with Crippen LogP contribution < -0.4 is 24.3 Å². The minimum absolute atomic E-state index is 0.00827. The summed E-state index contributed by atoms with van der Waals surface area (Å²) in [7, 11) is 3.12. The van der Waals surface area contributed by atoms with Crippen molar-refractivity contribution in [2.75, 3.05) is 40.6 Å². The molecule has 1 aliphatic heterocycles. The summed E-state index contributed by atoms with van der Waals surface area (Å²) in [4.78, 5) is 12.4. The van der Waals surface area contributed by atoms with Crippen LogP contribution in [0.5, 0.6) is 23.0 Å². The SMILES string of the molecule is COc1ccccc1OCCOc1ccc(/C=C(\C#N)C(=O)NC[C@H]2CCCO2)cc1OC. The maximum absolute atomic E-state index is 12.4. The van der Waals surface area contributed by atoms with Crippen molar-refractivity contribution in [3.63, 3.8) is 0 Å². The van der Waals surface area contributed by atoms with E-state index in [4.69, 9.17) is 23.7 Å². The summed E-state index contributed by atoms with van der Waals surface area (Å²) < 4.78 is 27.7. The van der Waals surface area contributed by atoms with Gasteiger partial charge in [0.2, 0.25) is 0 Å². The van der Waals surface area contributed by atoms with E-state index in [0.717, 1.165) is 12.8 Å². The van der Waals surface area contributed by atoms with E-state index in [-0.39, 0.29) is 11.7 Å². The van der Waals surface area contributed by atoms with Gasteiger partial charge in [-0.05, 0) is 48.7 Å². The van der Waals surface area contributed by atoms with Gasteiger partial charge in [0.1, 0.15) is 24.9 Å². The van der Waals surface area contributed by atoms with Gasteiger partial charge < -0.3 is 29.0 Å². The van der Waals surface area contributed by atoms with Crippen LogP contribution in [-0.4, -0.2) is 52.6 Å². The number of methoxy groups -OCH3 is 2. The van der Waals surface area contributed by atoms with Crippen LogP contribution >= 0.6 is 0 Å². The van der Waals surface area contributed by atoms with E-state index >= 15 is 0 Å². The Morgan fingerprint density at radius 1 is 1.09 bits per heavy atom. The molecule has 0 bridgehead atoms. The molecule has 1 saturated heterocycles. The highest BCUT2D eigenvalue weighted by atomic mass is 16.5. The van der Waals surface area contributed by atoms with Gasteiger partial charge in [-0.15, -0.1) is 0 Å². The van der Waals surface area contributed by atoms with Crippen molar-refractivity contribution in [1.29, 1.82) is 5.26 Å². The minimum Gasteiger partial charge on any atom is -0.493 e. The zero-order chi connectivity index (χ0) is 23.5. The number of benzene rings is 2. The largest absolute Gasteiger partial charge is 0.493 e. The number of carbonyl (C=O) groups is 1. The fourth-order valence-electron chi connectivity index (χ4n) is 3.36. The lowest BCUT2D eigenvalue weighted by Crippen LogP contribution is -2.32. The molecule has 1 fully saturated rings. The third-order valence-electron chi connectivity index (χ3n) is 5.05. The Morgan fingerprint density at radius 3 is 2.42 bits per heavy atom. The molecule has 1 heterocycles. The van der Waals surface area contributed by atoms with Crippen molar-refractivity contribution >= 4 is 12.0 Å². The second kappa shape index (κ2) is 12.4. The second-order valence-corrected chi connectivity index (χ2v) is 7.27. The van der Waals surface area contributed by atoms with E-state index in [1.807, 2.05) is 30.3 Å². The molecule has 0 aromatic heterocycles. The van der Waals surface area contributed by atoms with E-state index in [1.165, 1.54) is 13.2 Å². The van der Waals surface area contributed by atoms with Crippen LogP contribution in [0, 0.1) is 11.3 Å². The number of para-hydroxylation sites is 2. The van der Waals surface area contributed by atoms with Gasteiger partial charge in [-0.25, -0.2) is 0 Å². The zero-order valence-electron chi connectivity index (χ0n) is 18.8. The van der Waals surface area contributed by atoms with Crippen LogP contribution in [-0.2, 0) is 9.53 Å². The number of nitrogens with zero attached hydrogens (tertiary/aromatic N) is 1. The predicted molar refractivity (Wildman–Crippen MR) is 123 cm³/mol. The molecule has 1 atom stereocenters. The van der Waals surface area contributed by atoms with Gasteiger partial charge in [0, 0.05) is 13.2 Å². The Morgan fingerprint density at radius 2 is 1.79 bits per heavy atom. The molecule has 2 aromatic carbocycles. The fraction of sp³-hybridized carbons (Fsp3) is 0.360. The van der Waals surface area contributed by atoms with Gasteiger partial charge in [0.25, 0.3) is 5.91 Å². The molecule has 1 amide bonds. The summed E-state index contributed by atoms with van der Waals surface area (Å²) in [6, 6.07) is 14.5. The number of ether oxygens (including phenoxy) is 5. The molecule has 0 unspecified atom stereocenters. The molecule has 2 aromatic rings. The van der Waals surface area contributed by atoms with E-state index in [2.05, 4.69) is 5.32 Å². The van der Waals surface area contributed by atoms with Crippen molar-refractivity contribution in [2.45, 2.75) is 18.9 Å². The summed E-state index contributed by atoms with van der Waals surface area (Å²) >= 11 is 0. The molecular formula is C25H28N2O6. The molecule has 0 saturated carbocycles. The summed E-state index contributed by atoms with van der Waals surface area (Å²) in [5.74, 6) is 1.87. The maximum atomic E-state index is 12.4. The molecule has 33 heavy (non-hydrogen) atoms. The third-order valence-corrected chi connectivity index (χ3v) is 5.05. The van der Waals surface area contributed by atoms with E-state index in [9.17, 15) is 10.1 Å². The zero-order valence-corrected chi connectivity index (χ0v) is 18.8. The fourth-order valence-corrected chi connectivity index (χ4v) is 3.36. The molecule has 0 aliphatic carbocycles. The number of rotatable bonds is 11. The van der Waals surface area contributed by atoms with Crippen molar-refractivity contribution in [3.8, 4) is 29.1 Å². The predicted octanol–water partition coefficient (Wildman–Crippen LogP) is 3.36. The molecule has 0 spiro atoms. The number of nitrogens with one attached hydrogen (secondary N) is 1. The van der Waals surface area contributed by atoms with Crippen LogP contribution in [0.15, 0.2) is 48.0 Å². The average molecular weight is 453 g/mol. The maximum Gasteiger partial charge on any atom is 0.262 e. The van der Waals surface area contributed by atoms with Gasteiger partial charge >= 0.3 is 0 Å². The first-order chi connectivity index (χ1) is 16.1. The van der Waals surface area contributed by atoms with E-state index < -0.39 is 5.91 Å².